The Labute approximate surface area is 174 Å². The molecule has 164 valence electrons. The lowest BCUT2D eigenvalue weighted by Gasteiger charge is -2.20. The molecular formula is C20H33N3O5S. The van der Waals surface area contributed by atoms with Crippen molar-refractivity contribution in [3.63, 3.8) is 0 Å². The second kappa shape index (κ2) is 10.6. The molecule has 0 radical (unpaired) electrons. The molecule has 0 aliphatic rings. The Morgan fingerprint density at radius 3 is 2.14 bits per heavy atom. The minimum absolute atomic E-state index is 0.109. The number of amides is 2. The van der Waals surface area contributed by atoms with E-state index in [0.29, 0.717) is 13.1 Å². The molecular weight excluding hydrogens is 394 g/mol. The number of carbonyl (C=O) groups is 2. The third kappa shape index (κ3) is 8.02. The third-order valence-electron chi connectivity index (χ3n) is 4.12. The molecule has 1 rings (SSSR count). The zero-order chi connectivity index (χ0) is 22.2. The first-order valence-electron chi connectivity index (χ1n) is 9.77. The monoisotopic (exact) mass is 427 g/mol. The average molecular weight is 428 g/mol. The van der Waals surface area contributed by atoms with Gasteiger partial charge in [-0.15, -0.1) is 0 Å². The lowest BCUT2D eigenvalue weighted by Crippen LogP contribution is -2.35. The van der Waals surface area contributed by atoms with Gasteiger partial charge < -0.3 is 15.4 Å². The fraction of sp³-hybridized carbons (Fsp3) is 0.600. The van der Waals surface area contributed by atoms with Crippen molar-refractivity contribution >= 4 is 22.0 Å². The van der Waals surface area contributed by atoms with E-state index in [-0.39, 0.29) is 29.8 Å². The molecule has 0 aromatic heterocycles. The van der Waals surface area contributed by atoms with Gasteiger partial charge in [-0.2, -0.15) is 4.31 Å². The van der Waals surface area contributed by atoms with E-state index >= 15 is 0 Å². The molecule has 1 aromatic carbocycles. The fourth-order valence-electron chi connectivity index (χ4n) is 2.63. The Kier molecular flexibility index (Phi) is 9.10. The summed E-state index contributed by atoms with van der Waals surface area (Å²) in [6.45, 7) is 11.7. The highest BCUT2D eigenvalue weighted by Gasteiger charge is 2.22. The van der Waals surface area contributed by atoms with Crippen LogP contribution in [0, 0.1) is 0 Å². The lowest BCUT2D eigenvalue weighted by molar-refractivity contribution is -0.121. The topological polar surface area (TPSA) is 105 Å². The Bertz CT molecular complexity index is 781. The molecule has 2 amide bonds. The summed E-state index contributed by atoms with van der Waals surface area (Å²) in [5.74, 6) is -0.228. The van der Waals surface area contributed by atoms with Gasteiger partial charge in [0.25, 0.3) is 0 Å². The van der Waals surface area contributed by atoms with Gasteiger partial charge in [0.15, 0.2) is 0 Å². The number of rotatable bonds is 9. The van der Waals surface area contributed by atoms with Crippen LogP contribution < -0.4 is 10.6 Å². The molecule has 1 atom stereocenters. The quantitative estimate of drug-likeness (QED) is 0.630. The minimum atomic E-state index is -3.51. The number of sulfonamides is 1. The standard InChI is InChI=1S/C20H33N3O5S/c1-7-23(8-2)29(26,27)17-11-9-16(10-12-17)15(3)22-18(24)13-14-21-19(25)28-20(4,5)6/h9-12,15H,7-8,13-14H2,1-6H3,(H,21,25)(H,22,24)/t15-/m0/s1. The van der Waals surface area contributed by atoms with Gasteiger partial charge in [-0.1, -0.05) is 26.0 Å². The Balaban J connectivity index is 2.59. The smallest absolute Gasteiger partial charge is 0.407 e. The van der Waals surface area contributed by atoms with Crippen LogP contribution in [-0.2, 0) is 19.6 Å². The fourth-order valence-corrected chi connectivity index (χ4v) is 4.09. The van der Waals surface area contributed by atoms with E-state index in [1.54, 1.807) is 58.9 Å². The Hall–Kier alpha value is -2.13. The van der Waals surface area contributed by atoms with Gasteiger partial charge in [0.05, 0.1) is 10.9 Å². The summed E-state index contributed by atoms with van der Waals surface area (Å²) in [5.41, 5.74) is 0.197. The molecule has 0 bridgehead atoms. The van der Waals surface area contributed by atoms with E-state index < -0.39 is 21.7 Å². The summed E-state index contributed by atoms with van der Waals surface area (Å²) in [6, 6.07) is 6.20. The van der Waals surface area contributed by atoms with E-state index in [2.05, 4.69) is 10.6 Å². The molecule has 0 heterocycles. The summed E-state index contributed by atoms with van der Waals surface area (Å²) in [5, 5.41) is 5.37. The number of alkyl carbamates (subject to hydrolysis) is 1. The van der Waals surface area contributed by atoms with Gasteiger partial charge in [-0.05, 0) is 45.4 Å². The third-order valence-corrected chi connectivity index (χ3v) is 6.19. The van der Waals surface area contributed by atoms with Crippen molar-refractivity contribution in [3.8, 4) is 0 Å². The van der Waals surface area contributed by atoms with Crippen LogP contribution in [0.3, 0.4) is 0 Å². The van der Waals surface area contributed by atoms with Gasteiger partial charge >= 0.3 is 6.09 Å². The van der Waals surface area contributed by atoms with Crippen molar-refractivity contribution in [3.05, 3.63) is 29.8 Å². The predicted octanol–water partition coefficient (Wildman–Crippen LogP) is 2.81. The average Bonchev–Trinajstić information content (AvgIpc) is 2.61. The summed E-state index contributed by atoms with van der Waals surface area (Å²) >= 11 is 0. The van der Waals surface area contributed by atoms with E-state index in [4.69, 9.17) is 4.74 Å². The van der Waals surface area contributed by atoms with Crippen molar-refractivity contribution < 1.29 is 22.7 Å². The molecule has 9 heteroatoms. The highest BCUT2D eigenvalue weighted by molar-refractivity contribution is 7.89. The highest BCUT2D eigenvalue weighted by Crippen LogP contribution is 2.19. The van der Waals surface area contributed by atoms with E-state index in [9.17, 15) is 18.0 Å². The van der Waals surface area contributed by atoms with Crippen molar-refractivity contribution in [1.82, 2.24) is 14.9 Å². The molecule has 0 spiro atoms. The normalized spacial score (nSPS) is 13.1. The van der Waals surface area contributed by atoms with E-state index in [1.807, 2.05) is 6.92 Å². The predicted molar refractivity (Wildman–Crippen MR) is 112 cm³/mol. The molecule has 0 saturated heterocycles. The molecule has 0 aliphatic heterocycles. The second-order valence-electron chi connectivity index (χ2n) is 7.63. The van der Waals surface area contributed by atoms with Gasteiger partial charge in [0, 0.05) is 26.1 Å². The molecule has 29 heavy (non-hydrogen) atoms. The molecule has 0 aliphatic carbocycles. The summed E-state index contributed by atoms with van der Waals surface area (Å²) in [6.07, 6.45) is -0.457. The van der Waals surface area contributed by atoms with Crippen LogP contribution in [0.25, 0.3) is 0 Å². The number of hydrogen-bond donors (Lipinski definition) is 2. The van der Waals surface area contributed by atoms with Gasteiger partial charge in [0.2, 0.25) is 15.9 Å². The number of nitrogens with one attached hydrogen (secondary N) is 2. The van der Waals surface area contributed by atoms with Crippen LogP contribution in [-0.4, -0.2) is 50.0 Å². The van der Waals surface area contributed by atoms with Gasteiger partial charge in [-0.25, -0.2) is 13.2 Å². The Morgan fingerprint density at radius 2 is 1.66 bits per heavy atom. The number of ether oxygens (including phenoxy) is 1. The summed E-state index contributed by atoms with van der Waals surface area (Å²) in [7, 11) is -3.51. The van der Waals surface area contributed by atoms with Crippen molar-refractivity contribution in [2.24, 2.45) is 0 Å². The zero-order valence-electron chi connectivity index (χ0n) is 18.1. The summed E-state index contributed by atoms with van der Waals surface area (Å²) in [4.78, 5) is 23.9. The van der Waals surface area contributed by atoms with Crippen LogP contribution in [0.2, 0.25) is 0 Å². The van der Waals surface area contributed by atoms with Crippen LogP contribution in [0.1, 0.15) is 59.6 Å². The first kappa shape index (κ1) is 24.9. The van der Waals surface area contributed by atoms with Crippen LogP contribution in [0.5, 0.6) is 0 Å². The van der Waals surface area contributed by atoms with E-state index in [0.717, 1.165) is 5.56 Å². The second-order valence-corrected chi connectivity index (χ2v) is 9.56. The summed E-state index contributed by atoms with van der Waals surface area (Å²) < 4.78 is 31.6. The highest BCUT2D eigenvalue weighted by atomic mass is 32.2. The first-order chi connectivity index (χ1) is 13.4. The van der Waals surface area contributed by atoms with Crippen LogP contribution in [0.15, 0.2) is 29.2 Å². The number of nitrogens with zero attached hydrogens (tertiary/aromatic N) is 1. The molecule has 0 saturated carbocycles. The Morgan fingerprint density at radius 1 is 1.10 bits per heavy atom. The van der Waals surface area contributed by atoms with Crippen LogP contribution in [0.4, 0.5) is 4.79 Å². The maximum atomic E-state index is 12.5. The number of hydrogen-bond acceptors (Lipinski definition) is 5. The number of carbonyl (C=O) groups excluding carboxylic acids is 2. The maximum absolute atomic E-state index is 12.5. The van der Waals surface area contributed by atoms with Crippen molar-refractivity contribution in [2.75, 3.05) is 19.6 Å². The van der Waals surface area contributed by atoms with Crippen LogP contribution >= 0.6 is 0 Å². The molecule has 1 aromatic rings. The molecule has 0 fully saturated rings. The molecule has 8 nitrogen and oxygen atoms in total. The van der Waals surface area contributed by atoms with Gasteiger partial charge in [0.1, 0.15) is 5.60 Å². The van der Waals surface area contributed by atoms with Crippen molar-refractivity contribution in [2.45, 2.75) is 64.5 Å². The molecule has 2 N–H and O–H groups in total. The van der Waals surface area contributed by atoms with Gasteiger partial charge in [-0.3, -0.25) is 4.79 Å². The molecule has 0 unspecified atom stereocenters. The SMILES string of the molecule is CCN(CC)S(=O)(=O)c1ccc([C@H](C)NC(=O)CCNC(=O)OC(C)(C)C)cc1. The van der Waals surface area contributed by atoms with Crippen molar-refractivity contribution in [1.29, 1.82) is 0 Å². The minimum Gasteiger partial charge on any atom is -0.444 e. The zero-order valence-corrected chi connectivity index (χ0v) is 18.9. The largest absolute Gasteiger partial charge is 0.444 e. The van der Waals surface area contributed by atoms with E-state index in [1.165, 1.54) is 4.31 Å². The number of benzene rings is 1. The lowest BCUT2D eigenvalue weighted by atomic mass is 10.1. The first-order valence-corrected chi connectivity index (χ1v) is 11.2. The maximum Gasteiger partial charge on any atom is 0.407 e.